The number of hydrogen-bond donors (Lipinski definition) is 0. The van der Waals surface area contributed by atoms with E-state index in [9.17, 15) is 13.6 Å². The summed E-state index contributed by atoms with van der Waals surface area (Å²) < 4.78 is 37.1. The quantitative estimate of drug-likeness (QED) is 0.702. The topological polar surface area (TPSA) is 68.5 Å². The van der Waals surface area contributed by atoms with Crippen LogP contribution in [0, 0.1) is 11.6 Å². The Morgan fingerprint density at radius 3 is 2.67 bits per heavy atom. The molecule has 4 rings (SSSR count). The zero-order valence-electron chi connectivity index (χ0n) is 14.4. The standard InChI is InChI=1S/C19H15F2N3O3/c1-26-16-7-6-14(9-15(16)21)24-10-12(8-17(24)25)18-22-19(27-23-18)11-2-4-13(20)5-3-11/h2-7,9,12H,8,10H2,1H3. The van der Waals surface area contributed by atoms with E-state index in [1.54, 1.807) is 18.2 Å². The molecule has 0 N–H and O–H groups in total. The normalized spacial score (nSPS) is 16.8. The number of halogens is 2. The van der Waals surface area contributed by atoms with Crippen LogP contribution in [0.3, 0.4) is 0 Å². The highest BCUT2D eigenvalue weighted by molar-refractivity contribution is 5.96. The summed E-state index contributed by atoms with van der Waals surface area (Å²) in [5.74, 6) is -0.570. The van der Waals surface area contributed by atoms with Gasteiger partial charge in [0, 0.05) is 36.2 Å². The van der Waals surface area contributed by atoms with Crippen LogP contribution < -0.4 is 9.64 Å². The van der Waals surface area contributed by atoms with E-state index in [0.717, 1.165) is 0 Å². The van der Waals surface area contributed by atoms with Crippen molar-refractivity contribution in [3.05, 3.63) is 59.9 Å². The Morgan fingerprint density at radius 2 is 1.96 bits per heavy atom. The molecule has 0 saturated carbocycles. The number of amides is 1. The van der Waals surface area contributed by atoms with Crippen LogP contribution in [-0.4, -0.2) is 29.7 Å². The van der Waals surface area contributed by atoms with Crippen molar-refractivity contribution in [1.29, 1.82) is 0 Å². The van der Waals surface area contributed by atoms with Crippen LogP contribution in [0.2, 0.25) is 0 Å². The number of rotatable bonds is 4. The summed E-state index contributed by atoms with van der Waals surface area (Å²) >= 11 is 0. The van der Waals surface area contributed by atoms with Crippen LogP contribution in [-0.2, 0) is 4.79 Å². The predicted octanol–water partition coefficient (Wildman–Crippen LogP) is 3.54. The third-order valence-electron chi connectivity index (χ3n) is 4.47. The fourth-order valence-corrected chi connectivity index (χ4v) is 3.06. The highest BCUT2D eigenvalue weighted by Crippen LogP contribution is 2.33. The van der Waals surface area contributed by atoms with Gasteiger partial charge in [-0.25, -0.2) is 8.78 Å². The van der Waals surface area contributed by atoms with Crippen molar-refractivity contribution in [2.75, 3.05) is 18.6 Å². The van der Waals surface area contributed by atoms with Gasteiger partial charge in [0.1, 0.15) is 5.82 Å². The van der Waals surface area contributed by atoms with Gasteiger partial charge in [-0.1, -0.05) is 5.16 Å². The van der Waals surface area contributed by atoms with Crippen LogP contribution in [0.4, 0.5) is 14.5 Å². The summed E-state index contributed by atoms with van der Waals surface area (Å²) in [5.41, 5.74) is 1.04. The van der Waals surface area contributed by atoms with Gasteiger partial charge < -0.3 is 14.2 Å². The molecule has 1 amide bonds. The van der Waals surface area contributed by atoms with Gasteiger partial charge in [-0.3, -0.25) is 4.79 Å². The lowest BCUT2D eigenvalue weighted by molar-refractivity contribution is -0.117. The molecular weight excluding hydrogens is 356 g/mol. The van der Waals surface area contributed by atoms with Gasteiger partial charge in [0.2, 0.25) is 5.91 Å². The van der Waals surface area contributed by atoms with Crippen molar-refractivity contribution in [1.82, 2.24) is 10.1 Å². The number of aromatic nitrogens is 2. The fourth-order valence-electron chi connectivity index (χ4n) is 3.06. The van der Waals surface area contributed by atoms with Crippen molar-refractivity contribution in [2.24, 2.45) is 0 Å². The summed E-state index contributed by atoms with van der Waals surface area (Å²) in [6.07, 6.45) is 0.191. The third kappa shape index (κ3) is 3.25. The van der Waals surface area contributed by atoms with Crippen molar-refractivity contribution in [2.45, 2.75) is 12.3 Å². The monoisotopic (exact) mass is 371 g/mol. The molecule has 2 heterocycles. The van der Waals surface area contributed by atoms with Crippen LogP contribution in [0.15, 0.2) is 47.0 Å². The first kappa shape index (κ1) is 17.1. The molecule has 8 heteroatoms. The highest BCUT2D eigenvalue weighted by Gasteiger charge is 2.35. The zero-order chi connectivity index (χ0) is 19.0. The number of benzene rings is 2. The Balaban J connectivity index is 1.54. The van der Waals surface area contributed by atoms with Crippen molar-refractivity contribution >= 4 is 11.6 Å². The molecular formula is C19H15F2N3O3. The number of methoxy groups -OCH3 is 1. The molecule has 138 valence electrons. The van der Waals surface area contributed by atoms with Crippen molar-refractivity contribution < 1.29 is 22.8 Å². The largest absolute Gasteiger partial charge is 0.494 e. The van der Waals surface area contributed by atoms with E-state index < -0.39 is 5.82 Å². The molecule has 1 aliphatic heterocycles. The van der Waals surface area contributed by atoms with Gasteiger partial charge in [-0.15, -0.1) is 0 Å². The lowest BCUT2D eigenvalue weighted by Gasteiger charge is -2.16. The first-order valence-corrected chi connectivity index (χ1v) is 8.28. The Hall–Kier alpha value is -3.29. The van der Waals surface area contributed by atoms with Crippen molar-refractivity contribution in [3.8, 4) is 17.2 Å². The Bertz CT molecular complexity index is 988. The summed E-state index contributed by atoms with van der Waals surface area (Å²) in [4.78, 5) is 18.2. The summed E-state index contributed by atoms with van der Waals surface area (Å²) in [5, 5.41) is 3.95. The first-order valence-electron chi connectivity index (χ1n) is 8.28. The number of carbonyl (C=O) groups excluding carboxylic acids is 1. The Labute approximate surface area is 153 Å². The van der Waals surface area contributed by atoms with E-state index in [1.165, 1.54) is 36.3 Å². The lowest BCUT2D eigenvalue weighted by Crippen LogP contribution is -2.24. The minimum absolute atomic E-state index is 0.115. The molecule has 1 unspecified atom stereocenters. The van der Waals surface area contributed by atoms with Gasteiger partial charge in [0.25, 0.3) is 5.89 Å². The molecule has 1 aliphatic rings. The van der Waals surface area contributed by atoms with Crippen molar-refractivity contribution in [3.63, 3.8) is 0 Å². The van der Waals surface area contributed by atoms with Gasteiger partial charge in [0.05, 0.1) is 7.11 Å². The van der Waals surface area contributed by atoms with Gasteiger partial charge in [-0.2, -0.15) is 4.98 Å². The summed E-state index contributed by atoms with van der Waals surface area (Å²) in [7, 11) is 1.38. The molecule has 0 bridgehead atoms. The number of ether oxygens (including phenoxy) is 1. The maximum atomic E-state index is 13.9. The Kier molecular flexibility index (Phi) is 4.31. The zero-order valence-corrected chi connectivity index (χ0v) is 14.4. The lowest BCUT2D eigenvalue weighted by atomic mass is 10.1. The molecule has 0 radical (unpaired) electrons. The SMILES string of the molecule is COc1ccc(N2CC(c3noc(-c4ccc(F)cc4)n3)CC2=O)cc1F. The predicted molar refractivity (Wildman–Crippen MR) is 92.4 cm³/mol. The molecule has 0 spiro atoms. The van der Waals surface area contributed by atoms with E-state index >= 15 is 0 Å². The van der Waals surface area contributed by atoms with E-state index in [0.29, 0.717) is 23.6 Å². The first-order chi connectivity index (χ1) is 13.0. The molecule has 6 nitrogen and oxygen atoms in total. The average molecular weight is 371 g/mol. The molecule has 1 fully saturated rings. The minimum atomic E-state index is -0.538. The maximum absolute atomic E-state index is 13.9. The smallest absolute Gasteiger partial charge is 0.257 e. The van der Waals surface area contributed by atoms with E-state index in [2.05, 4.69) is 10.1 Å². The summed E-state index contributed by atoms with van der Waals surface area (Å²) in [6, 6.07) is 10.1. The fraction of sp³-hybridized carbons (Fsp3) is 0.211. The van der Waals surface area contributed by atoms with E-state index in [1.807, 2.05) is 0 Å². The van der Waals surface area contributed by atoms with Gasteiger partial charge in [-0.05, 0) is 36.4 Å². The maximum Gasteiger partial charge on any atom is 0.257 e. The van der Waals surface area contributed by atoms with Gasteiger partial charge >= 0.3 is 0 Å². The van der Waals surface area contributed by atoms with E-state index in [4.69, 9.17) is 9.26 Å². The van der Waals surface area contributed by atoms with Crippen LogP contribution in [0.5, 0.6) is 5.75 Å². The molecule has 3 aromatic rings. The minimum Gasteiger partial charge on any atom is -0.494 e. The van der Waals surface area contributed by atoms with Crippen LogP contribution in [0.1, 0.15) is 18.2 Å². The molecule has 1 aromatic heterocycles. The summed E-state index contributed by atoms with van der Waals surface area (Å²) in [6.45, 7) is 0.312. The number of carbonyl (C=O) groups is 1. The number of nitrogens with zero attached hydrogens (tertiary/aromatic N) is 3. The third-order valence-corrected chi connectivity index (χ3v) is 4.47. The van der Waals surface area contributed by atoms with E-state index in [-0.39, 0.29) is 35.7 Å². The molecule has 27 heavy (non-hydrogen) atoms. The van der Waals surface area contributed by atoms with Crippen LogP contribution in [0.25, 0.3) is 11.5 Å². The molecule has 1 saturated heterocycles. The Morgan fingerprint density at radius 1 is 1.19 bits per heavy atom. The molecule has 1 atom stereocenters. The van der Waals surface area contributed by atoms with Crippen LogP contribution >= 0.6 is 0 Å². The van der Waals surface area contributed by atoms with Gasteiger partial charge in [0.15, 0.2) is 17.4 Å². The number of hydrogen-bond acceptors (Lipinski definition) is 5. The second kappa shape index (κ2) is 6.79. The molecule has 2 aromatic carbocycles. The second-order valence-electron chi connectivity index (χ2n) is 6.19. The average Bonchev–Trinajstić information content (AvgIpc) is 3.29. The second-order valence-corrected chi connectivity index (χ2v) is 6.19. The highest BCUT2D eigenvalue weighted by atomic mass is 19.1. The molecule has 0 aliphatic carbocycles. The number of anilines is 1.